The van der Waals surface area contributed by atoms with E-state index in [1.54, 1.807) is 7.05 Å². The molecule has 1 aromatic carbocycles. The Morgan fingerprint density at radius 3 is 2.19 bits per heavy atom. The van der Waals surface area contributed by atoms with Gasteiger partial charge >= 0.3 is 6.18 Å². The second-order valence-corrected chi connectivity index (χ2v) is 8.28. The summed E-state index contributed by atoms with van der Waals surface area (Å²) in [7, 11) is 1.60. The third kappa shape index (κ3) is 4.25. The molecule has 146 valence electrons. The van der Waals surface area contributed by atoms with E-state index in [4.69, 9.17) is 0 Å². The molecule has 2 heterocycles. The lowest BCUT2D eigenvalue weighted by atomic mass is 9.86. The van der Waals surface area contributed by atoms with Crippen LogP contribution < -0.4 is 0 Å². The molecule has 1 aromatic rings. The lowest BCUT2D eigenvalue weighted by Crippen LogP contribution is -2.48. The minimum absolute atomic E-state index is 0.191. The molecule has 0 spiro atoms. The Morgan fingerprint density at radius 1 is 0.962 bits per heavy atom. The Labute approximate surface area is 155 Å². The fourth-order valence-electron chi connectivity index (χ4n) is 4.75. The molecule has 26 heavy (non-hydrogen) atoms. The second-order valence-electron chi connectivity index (χ2n) is 8.28. The summed E-state index contributed by atoms with van der Waals surface area (Å²) in [5.74, 6) is 0.195. The monoisotopic (exact) mass is 368 g/mol. The molecular weight excluding hydrogens is 337 g/mol. The van der Waals surface area contributed by atoms with Gasteiger partial charge in [-0.15, -0.1) is 0 Å². The fraction of sp³-hybridized carbons (Fsp3) is 0.714. The molecule has 2 fully saturated rings. The minimum Gasteiger partial charge on any atom is -0.295 e. The van der Waals surface area contributed by atoms with Crippen molar-refractivity contribution >= 4 is 0 Å². The van der Waals surface area contributed by atoms with Gasteiger partial charge in [-0.1, -0.05) is 30.7 Å². The van der Waals surface area contributed by atoms with Crippen molar-refractivity contribution in [3.63, 3.8) is 0 Å². The average Bonchev–Trinajstić information content (AvgIpc) is 2.60. The predicted octanol–water partition coefficient (Wildman–Crippen LogP) is 5.36. The SMILES string of the molecule is CC(C)N1CCCCC1c1ccc(C2CCC(C(F)(F)F)N(C)C2)cc1. The first kappa shape index (κ1) is 19.7. The quantitative estimate of drug-likeness (QED) is 0.708. The number of likely N-dealkylation sites (N-methyl/N-ethyl adjacent to an activating group) is 1. The van der Waals surface area contributed by atoms with Gasteiger partial charge in [0.2, 0.25) is 0 Å². The van der Waals surface area contributed by atoms with Crippen LogP contribution in [0.5, 0.6) is 0 Å². The molecule has 2 nitrogen and oxygen atoms in total. The zero-order valence-corrected chi connectivity index (χ0v) is 16.1. The van der Waals surface area contributed by atoms with Crippen LogP contribution in [0.3, 0.4) is 0 Å². The van der Waals surface area contributed by atoms with Crippen LogP contribution in [0.2, 0.25) is 0 Å². The molecule has 0 bridgehead atoms. The fourth-order valence-corrected chi connectivity index (χ4v) is 4.75. The highest BCUT2D eigenvalue weighted by atomic mass is 19.4. The normalized spacial score (nSPS) is 29.3. The molecule has 0 saturated carbocycles. The van der Waals surface area contributed by atoms with Crippen LogP contribution in [-0.2, 0) is 0 Å². The topological polar surface area (TPSA) is 6.48 Å². The first-order valence-corrected chi connectivity index (χ1v) is 9.90. The Balaban J connectivity index is 1.68. The molecule has 5 heteroatoms. The van der Waals surface area contributed by atoms with Crippen molar-refractivity contribution in [1.29, 1.82) is 0 Å². The maximum absolute atomic E-state index is 13.0. The number of piperidine rings is 2. The number of halogens is 3. The Hall–Kier alpha value is -1.07. The summed E-state index contributed by atoms with van der Waals surface area (Å²) in [6.07, 6.45) is 0.400. The molecule has 2 saturated heterocycles. The van der Waals surface area contributed by atoms with Gasteiger partial charge in [0.1, 0.15) is 6.04 Å². The van der Waals surface area contributed by atoms with Crippen molar-refractivity contribution in [2.45, 2.75) is 76.2 Å². The van der Waals surface area contributed by atoms with Gasteiger partial charge in [0, 0.05) is 18.6 Å². The Kier molecular flexibility index (Phi) is 5.97. The van der Waals surface area contributed by atoms with E-state index in [1.165, 1.54) is 35.3 Å². The third-order valence-electron chi connectivity index (χ3n) is 6.21. The summed E-state index contributed by atoms with van der Waals surface area (Å²) >= 11 is 0. The largest absolute Gasteiger partial charge is 0.404 e. The van der Waals surface area contributed by atoms with Crippen molar-refractivity contribution in [2.75, 3.05) is 20.1 Å². The van der Waals surface area contributed by atoms with Crippen molar-refractivity contribution in [2.24, 2.45) is 0 Å². The lowest BCUT2D eigenvalue weighted by molar-refractivity contribution is -0.188. The number of nitrogens with zero attached hydrogens (tertiary/aromatic N) is 2. The van der Waals surface area contributed by atoms with Crippen molar-refractivity contribution in [1.82, 2.24) is 9.80 Å². The zero-order chi connectivity index (χ0) is 18.9. The van der Waals surface area contributed by atoms with E-state index in [-0.39, 0.29) is 12.3 Å². The van der Waals surface area contributed by atoms with E-state index >= 15 is 0 Å². The standard InChI is InChI=1S/C21H31F3N2/c1-15(2)26-13-5-4-6-19(26)17-9-7-16(8-10-17)18-11-12-20(21(22,23)24)25(3)14-18/h7-10,15,18-20H,4-6,11-14H2,1-3H3. The number of likely N-dealkylation sites (tertiary alicyclic amines) is 2. The molecule has 0 radical (unpaired) electrons. The molecule has 3 unspecified atom stereocenters. The van der Waals surface area contributed by atoms with Crippen LogP contribution >= 0.6 is 0 Å². The van der Waals surface area contributed by atoms with Crippen LogP contribution in [0.1, 0.15) is 69.0 Å². The first-order valence-electron chi connectivity index (χ1n) is 9.90. The molecule has 3 rings (SSSR count). The number of alkyl halides is 3. The predicted molar refractivity (Wildman–Crippen MR) is 99.3 cm³/mol. The summed E-state index contributed by atoms with van der Waals surface area (Å²) < 4.78 is 39.1. The minimum atomic E-state index is -4.12. The van der Waals surface area contributed by atoms with E-state index in [0.717, 1.165) is 6.54 Å². The Bertz CT molecular complexity index is 582. The average molecular weight is 368 g/mol. The van der Waals surface area contributed by atoms with E-state index < -0.39 is 12.2 Å². The van der Waals surface area contributed by atoms with Gasteiger partial charge in [0.15, 0.2) is 0 Å². The molecule has 0 N–H and O–H groups in total. The van der Waals surface area contributed by atoms with Gasteiger partial charge in [-0.3, -0.25) is 9.80 Å². The number of hydrogen-bond acceptors (Lipinski definition) is 2. The highest BCUT2D eigenvalue weighted by Gasteiger charge is 2.44. The number of benzene rings is 1. The highest BCUT2D eigenvalue weighted by molar-refractivity contribution is 5.28. The van der Waals surface area contributed by atoms with Crippen molar-refractivity contribution in [3.8, 4) is 0 Å². The van der Waals surface area contributed by atoms with Gasteiger partial charge < -0.3 is 0 Å². The van der Waals surface area contributed by atoms with Gasteiger partial charge in [-0.05, 0) is 70.2 Å². The van der Waals surface area contributed by atoms with Crippen molar-refractivity contribution in [3.05, 3.63) is 35.4 Å². The van der Waals surface area contributed by atoms with E-state index in [1.807, 2.05) is 0 Å². The van der Waals surface area contributed by atoms with E-state index in [0.29, 0.717) is 25.0 Å². The van der Waals surface area contributed by atoms with E-state index in [2.05, 4.69) is 43.0 Å². The van der Waals surface area contributed by atoms with Crippen LogP contribution in [0.4, 0.5) is 13.2 Å². The summed E-state index contributed by atoms with van der Waals surface area (Å²) in [5.41, 5.74) is 2.52. The zero-order valence-electron chi connectivity index (χ0n) is 16.1. The maximum atomic E-state index is 13.0. The Morgan fingerprint density at radius 2 is 1.62 bits per heavy atom. The first-order chi connectivity index (χ1) is 12.3. The van der Waals surface area contributed by atoms with E-state index in [9.17, 15) is 13.2 Å². The molecule has 0 aliphatic carbocycles. The molecule has 3 atom stereocenters. The van der Waals surface area contributed by atoms with Crippen LogP contribution in [-0.4, -0.2) is 48.2 Å². The third-order valence-corrected chi connectivity index (χ3v) is 6.21. The maximum Gasteiger partial charge on any atom is 0.404 e. The second kappa shape index (κ2) is 7.89. The summed E-state index contributed by atoms with van der Waals surface area (Å²) in [5, 5.41) is 0. The lowest BCUT2D eigenvalue weighted by Gasteiger charge is -2.39. The molecule has 2 aliphatic rings. The van der Waals surface area contributed by atoms with Gasteiger partial charge in [-0.25, -0.2) is 0 Å². The smallest absolute Gasteiger partial charge is 0.295 e. The van der Waals surface area contributed by atoms with Crippen LogP contribution in [0.25, 0.3) is 0 Å². The van der Waals surface area contributed by atoms with Crippen LogP contribution in [0.15, 0.2) is 24.3 Å². The van der Waals surface area contributed by atoms with Crippen LogP contribution in [0, 0.1) is 0 Å². The molecular formula is C21H31F3N2. The number of hydrogen-bond donors (Lipinski definition) is 0. The van der Waals surface area contributed by atoms with Gasteiger partial charge in [-0.2, -0.15) is 13.2 Å². The van der Waals surface area contributed by atoms with Crippen molar-refractivity contribution < 1.29 is 13.2 Å². The molecule has 0 amide bonds. The summed E-state index contributed by atoms with van der Waals surface area (Å²) in [6.45, 7) is 6.13. The summed E-state index contributed by atoms with van der Waals surface area (Å²) in [4.78, 5) is 4.05. The highest BCUT2D eigenvalue weighted by Crippen LogP contribution is 2.37. The van der Waals surface area contributed by atoms with Gasteiger partial charge in [0.05, 0.1) is 0 Å². The summed E-state index contributed by atoms with van der Waals surface area (Å²) in [6, 6.07) is 8.42. The van der Waals surface area contributed by atoms with Gasteiger partial charge in [0.25, 0.3) is 0 Å². The molecule has 0 aromatic heterocycles. The number of rotatable bonds is 3. The molecule has 2 aliphatic heterocycles.